The molecule has 2 aromatic rings. The Kier molecular flexibility index (Phi) is 4.94. The number of anilines is 1. The maximum Gasteiger partial charge on any atom is 0.255 e. The molecule has 0 fully saturated rings. The van der Waals surface area contributed by atoms with Crippen LogP contribution in [0.3, 0.4) is 0 Å². The summed E-state index contributed by atoms with van der Waals surface area (Å²) < 4.78 is 12.8. The summed E-state index contributed by atoms with van der Waals surface area (Å²) in [6.45, 7) is 0.239. The number of nitrogens with two attached hydrogens (primary N) is 1. The molecule has 21 heavy (non-hydrogen) atoms. The molecule has 0 aliphatic rings. The van der Waals surface area contributed by atoms with Gasteiger partial charge >= 0.3 is 0 Å². The minimum Gasteiger partial charge on any atom is -0.322 e. The van der Waals surface area contributed by atoms with Gasteiger partial charge in [-0.15, -0.1) is 0 Å². The Morgan fingerprint density at radius 3 is 2.57 bits per heavy atom. The third-order valence-electron chi connectivity index (χ3n) is 2.66. The predicted octanol–water partition coefficient (Wildman–Crippen LogP) is 3.04. The quantitative estimate of drug-likeness (QED) is 0.838. The smallest absolute Gasteiger partial charge is 0.255 e. The van der Waals surface area contributed by atoms with Crippen LogP contribution in [0.4, 0.5) is 10.1 Å². The Labute approximate surface area is 126 Å². The zero-order valence-electron chi connectivity index (χ0n) is 11.0. The molecule has 106 valence electrons. The molecule has 0 aliphatic carbocycles. The summed E-state index contributed by atoms with van der Waals surface area (Å²) in [5, 5.41) is 3.03. The van der Waals surface area contributed by atoms with Crippen LogP contribution in [0.1, 0.15) is 15.9 Å². The molecule has 2 aromatic carbocycles. The average Bonchev–Trinajstić information content (AvgIpc) is 2.48. The molecule has 5 heteroatoms. The molecule has 0 aliphatic heterocycles. The standard InChI is InChI=1S/C16H12ClFN2O/c17-15-10-12(4-3-11(15)2-1-9-19)16(21)20-14-7-5-13(18)6-8-14/h3-8,10H,9,19H2,(H,20,21). The first-order valence-corrected chi connectivity index (χ1v) is 6.53. The number of carbonyl (C=O) groups excluding carboxylic acids is 1. The molecule has 3 nitrogen and oxygen atoms in total. The van der Waals surface area contributed by atoms with E-state index in [-0.39, 0.29) is 18.3 Å². The number of rotatable bonds is 2. The van der Waals surface area contributed by atoms with Crippen LogP contribution in [0.5, 0.6) is 0 Å². The van der Waals surface area contributed by atoms with Crippen LogP contribution >= 0.6 is 11.6 Å². The lowest BCUT2D eigenvalue weighted by Gasteiger charge is -2.06. The van der Waals surface area contributed by atoms with Gasteiger partial charge in [-0.2, -0.15) is 0 Å². The molecular formula is C16H12ClFN2O. The molecule has 0 saturated heterocycles. The van der Waals surface area contributed by atoms with Gasteiger partial charge in [-0.25, -0.2) is 4.39 Å². The van der Waals surface area contributed by atoms with E-state index >= 15 is 0 Å². The molecular weight excluding hydrogens is 291 g/mol. The number of hydrogen-bond donors (Lipinski definition) is 2. The van der Waals surface area contributed by atoms with Crippen molar-refractivity contribution in [3.63, 3.8) is 0 Å². The van der Waals surface area contributed by atoms with E-state index in [1.54, 1.807) is 12.1 Å². The molecule has 0 radical (unpaired) electrons. The number of hydrogen-bond acceptors (Lipinski definition) is 2. The van der Waals surface area contributed by atoms with Crippen LogP contribution in [0.15, 0.2) is 42.5 Å². The molecule has 1 amide bonds. The van der Waals surface area contributed by atoms with Gasteiger partial charge in [-0.1, -0.05) is 23.4 Å². The third kappa shape index (κ3) is 4.06. The van der Waals surface area contributed by atoms with Crippen LogP contribution in [0, 0.1) is 17.7 Å². The number of amides is 1. The van der Waals surface area contributed by atoms with Crippen molar-refractivity contribution in [2.24, 2.45) is 5.73 Å². The van der Waals surface area contributed by atoms with Crippen molar-refractivity contribution >= 4 is 23.2 Å². The van der Waals surface area contributed by atoms with E-state index in [0.29, 0.717) is 21.8 Å². The lowest BCUT2D eigenvalue weighted by atomic mass is 10.1. The molecule has 0 bridgehead atoms. The van der Waals surface area contributed by atoms with Crippen molar-refractivity contribution in [3.05, 3.63) is 64.4 Å². The highest BCUT2D eigenvalue weighted by atomic mass is 35.5. The highest BCUT2D eigenvalue weighted by molar-refractivity contribution is 6.32. The van der Waals surface area contributed by atoms with Crippen LogP contribution in [-0.4, -0.2) is 12.5 Å². The molecule has 0 heterocycles. The monoisotopic (exact) mass is 302 g/mol. The van der Waals surface area contributed by atoms with Gasteiger partial charge in [0.15, 0.2) is 0 Å². The van der Waals surface area contributed by atoms with Gasteiger partial charge in [-0.3, -0.25) is 4.79 Å². The highest BCUT2D eigenvalue weighted by Crippen LogP contribution is 2.18. The van der Waals surface area contributed by atoms with E-state index in [0.717, 1.165) is 0 Å². The van der Waals surface area contributed by atoms with Crippen molar-refractivity contribution < 1.29 is 9.18 Å². The SMILES string of the molecule is NCC#Cc1ccc(C(=O)Nc2ccc(F)cc2)cc1Cl. The lowest BCUT2D eigenvalue weighted by Crippen LogP contribution is -2.11. The first-order valence-electron chi connectivity index (χ1n) is 6.15. The fourth-order valence-corrected chi connectivity index (χ4v) is 1.87. The highest BCUT2D eigenvalue weighted by Gasteiger charge is 2.08. The van der Waals surface area contributed by atoms with Gasteiger partial charge < -0.3 is 11.1 Å². The summed E-state index contributed by atoms with van der Waals surface area (Å²) in [6.07, 6.45) is 0. The second kappa shape index (κ2) is 6.89. The zero-order chi connectivity index (χ0) is 15.2. The van der Waals surface area contributed by atoms with Crippen LogP contribution < -0.4 is 11.1 Å². The summed E-state index contributed by atoms with van der Waals surface area (Å²) in [5.74, 6) is 4.82. The fraction of sp³-hybridized carbons (Fsp3) is 0.0625. The summed E-state index contributed by atoms with van der Waals surface area (Å²) in [5.41, 5.74) is 6.80. The molecule has 0 unspecified atom stereocenters. The number of halogens is 2. The van der Waals surface area contributed by atoms with E-state index in [2.05, 4.69) is 17.2 Å². The largest absolute Gasteiger partial charge is 0.322 e. The van der Waals surface area contributed by atoms with Crippen LogP contribution in [0.2, 0.25) is 5.02 Å². The summed E-state index contributed by atoms with van der Waals surface area (Å²) >= 11 is 6.06. The fourth-order valence-electron chi connectivity index (χ4n) is 1.64. The first kappa shape index (κ1) is 15.0. The minimum absolute atomic E-state index is 0.239. The minimum atomic E-state index is -0.362. The Hall–Kier alpha value is -2.35. The van der Waals surface area contributed by atoms with Gasteiger partial charge in [0.05, 0.1) is 11.6 Å². The second-order valence-corrected chi connectivity index (χ2v) is 4.57. The van der Waals surface area contributed by atoms with Crippen molar-refractivity contribution in [2.45, 2.75) is 0 Å². The number of benzene rings is 2. The Bertz CT molecular complexity index is 717. The van der Waals surface area contributed by atoms with E-state index < -0.39 is 0 Å². The third-order valence-corrected chi connectivity index (χ3v) is 2.97. The Morgan fingerprint density at radius 1 is 1.24 bits per heavy atom. The molecule has 0 aromatic heterocycles. The van der Waals surface area contributed by atoms with Crippen LogP contribution in [0.25, 0.3) is 0 Å². The van der Waals surface area contributed by atoms with E-state index in [1.165, 1.54) is 30.3 Å². The van der Waals surface area contributed by atoms with Crippen LogP contribution in [-0.2, 0) is 0 Å². The molecule has 3 N–H and O–H groups in total. The summed E-state index contributed by atoms with van der Waals surface area (Å²) in [6, 6.07) is 10.3. The second-order valence-electron chi connectivity index (χ2n) is 4.16. The topological polar surface area (TPSA) is 55.1 Å². The summed E-state index contributed by atoms with van der Waals surface area (Å²) in [7, 11) is 0. The van der Waals surface area contributed by atoms with Crippen molar-refractivity contribution in [3.8, 4) is 11.8 Å². The normalized spacial score (nSPS) is 9.67. The van der Waals surface area contributed by atoms with Gasteiger partial charge in [0.25, 0.3) is 5.91 Å². The summed E-state index contributed by atoms with van der Waals surface area (Å²) in [4.78, 5) is 12.1. The molecule has 2 rings (SSSR count). The van der Waals surface area contributed by atoms with E-state index in [4.69, 9.17) is 17.3 Å². The molecule has 0 saturated carbocycles. The maximum absolute atomic E-state index is 12.8. The lowest BCUT2D eigenvalue weighted by molar-refractivity contribution is 0.102. The Balaban J connectivity index is 2.16. The van der Waals surface area contributed by atoms with Crippen molar-refractivity contribution in [1.29, 1.82) is 0 Å². The predicted molar refractivity (Wildman–Crippen MR) is 81.7 cm³/mol. The van der Waals surface area contributed by atoms with Crippen molar-refractivity contribution in [2.75, 3.05) is 11.9 Å². The average molecular weight is 303 g/mol. The molecule has 0 atom stereocenters. The number of carbonyl (C=O) groups is 1. The Morgan fingerprint density at radius 2 is 1.95 bits per heavy atom. The zero-order valence-corrected chi connectivity index (χ0v) is 11.7. The van der Waals surface area contributed by atoms with E-state index in [1.807, 2.05) is 0 Å². The van der Waals surface area contributed by atoms with Gasteiger partial charge in [0.1, 0.15) is 5.82 Å². The van der Waals surface area contributed by atoms with Crippen molar-refractivity contribution in [1.82, 2.24) is 0 Å². The van der Waals surface area contributed by atoms with E-state index in [9.17, 15) is 9.18 Å². The molecule has 0 spiro atoms. The first-order chi connectivity index (χ1) is 10.1. The van der Waals surface area contributed by atoms with Gasteiger partial charge in [0, 0.05) is 16.8 Å². The number of nitrogens with one attached hydrogen (secondary N) is 1. The maximum atomic E-state index is 12.8. The van der Waals surface area contributed by atoms with Gasteiger partial charge in [-0.05, 0) is 42.5 Å². The van der Waals surface area contributed by atoms with Gasteiger partial charge in [0.2, 0.25) is 0 Å².